The van der Waals surface area contributed by atoms with Gasteiger partial charge in [0.05, 0.1) is 11.3 Å². The van der Waals surface area contributed by atoms with E-state index < -0.39 is 5.97 Å². The lowest BCUT2D eigenvalue weighted by Crippen LogP contribution is -2.46. The number of hydrogen-bond acceptors (Lipinski definition) is 5. The smallest absolute Gasteiger partial charge is 0.335 e. The van der Waals surface area contributed by atoms with Crippen molar-refractivity contribution in [2.75, 3.05) is 37.3 Å². The third kappa shape index (κ3) is 4.66. The fraction of sp³-hybridized carbons (Fsp3) is 0.250. The fourth-order valence-electron chi connectivity index (χ4n) is 3.79. The van der Waals surface area contributed by atoms with Gasteiger partial charge in [-0.15, -0.1) is 11.8 Å². The van der Waals surface area contributed by atoms with Gasteiger partial charge in [-0.3, -0.25) is 9.88 Å². The maximum atomic E-state index is 11.0. The number of carboxylic acid groups (broad SMARTS) is 1. The maximum Gasteiger partial charge on any atom is 0.335 e. The predicted octanol–water partition coefficient (Wildman–Crippen LogP) is 4.49. The lowest BCUT2D eigenvalue weighted by Gasteiger charge is -2.36. The molecule has 3 aromatic rings. The van der Waals surface area contributed by atoms with Crippen molar-refractivity contribution in [2.45, 2.75) is 11.4 Å². The number of anilines is 1. The van der Waals surface area contributed by atoms with Crippen LogP contribution in [-0.2, 0) is 6.54 Å². The normalized spacial score (nSPS) is 14.6. The molecule has 1 saturated heterocycles. The number of rotatable bonds is 6. The van der Waals surface area contributed by atoms with E-state index in [1.54, 1.807) is 23.9 Å². The van der Waals surface area contributed by atoms with Gasteiger partial charge in [0.2, 0.25) is 0 Å². The highest BCUT2D eigenvalue weighted by molar-refractivity contribution is 7.98. The number of carbonyl (C=O) groups is 1. The Bertz CT molecular complexity index is 998. The number of nitrogens with zero attached hydrogens (tertiary/aromatic N) is 3. The van der Waals surface area contributed by atoms with Gasteiger partial charge in [-0.25, -0.2) is 4.79 Å². The van der Waals surface area contributed by atoms with Crippen LogP contribution in [-0.4, -0.2) is 53.4 Å². The first-order valence-corrected chi connectivity index (χ1v) is 11.3. The summed E-state index contributed by atoms with van der Waals surface area (Å²) in [7, 11) is 0. The van der Waals surface area contributed by atoms with Gasteiger partial charge in [0.1, 0.15) is 0 Å². The quantitative estimate of drug-likeness (QED) is 0.594. The summed E-state index contributed by atoms with van der Waals surface area (Å²) in [5, 5.41) is 9.07. The molecule has 1 aliphatic heterocycles. The van der Waals surface area contributed by atoms with Crippen LogP contribution in [0.2, 0.25) is 0 Å². The Morgan fingerprint density at radius 1 is 1.00 bits per heavy atom. The van der Waals surface area contributed by atoms with Crippen LogP contribution >= 0.6 is 11.8 Å². The van der Waals surface area contributed by atoms with Crippen molar-refractivity contribution < 1.29 is 9.90 Å². The van der Waals surface area contributed by atoms with Crippen molar-refractivity contribution in [1.82, 2.24) is 9.88 Å². The highest BCUT2D eigenvalue weighted by atomic mass is 32.2. The second-order valence-electron chi connectivity index (χ2n) is 7.35. The number of thioether (sulfide) groups is 1. The van der Waals surface area contributed by atoms with Crippen LogP contribution in [0, 0.1) is 0 Å². The number of pyridine rings is 1. The van der Waals surface area contributed by atoms with Crippen molar-refractivity contribution in [3.63, 3.8) is 0 Å². The van der Waals surface area contributed by atoms with E-state index in [9.17, 15) is 4.79 Å². The van der Waals surface area contributed by atoms with E-state index in [2.05, 4.69) is 51.4 Å². The van der Waals surface area contributed by atoms with Crippen LogP contribution in [0.4, 0.5) is 5.69 Å². The minimum Gasteiger partial charge on any atom is -0.478 e. The first-order chi connectivity index (χ1) is 14.6. The van der Waals surface area contributed by atoms with E-state index in [1.807, 2.05) is 24.4 Å². The molecule has 1 N–H and O–H groups in total. The van der Waals surface area contributed by atoms with Crippen molar-refractivity contribution in [3.05, 3.63) is 78.0 Å². The maximum absolute atomic E-state index is 11.0. The van der Waals surface area contributed by atoms with Crippen molar-refractivity contribution >= 4 is 23.4 Å². The van der Waals surface area contributed by atoms with Gasteiger partial charge in [-0.2, -0.15) is 0 Å². The minimum absolute atomic E-state index is 0.326. The second-order valence-corrected chi connectivity index (χ2v) is 8.23. The molecule has 1 aromatic heterocycles. The molecule has 5 nitrogen and oxygen atoms in total. The first-order valence-electron chi connectivity index (χ1n) is 10.0. The van der Waals surface area contributed by atoms with Gasteiger partial charge in [0.25, 0.3) is 0 Å². The highest BCUT2D eigenvalue weighted by Gasteiger charge is 2.19. The third-order valence-electron chi connectivity index (χ3n) is 5.50. The summed E-state index contributed by atoms with van der Waals surface area (Å²) in [4.78, 5) is 21.7. The molecule has 6 heteroatoms. The molecule has 0 aliphatic carbocycles. The Kier molecular flexibility index (Phi) is 6.35. The molecule has 0 amide bonds. The van der Waals surface area contributed by atoms with E-state index in [1.165, 1.54) is 10.5 Å². The molecular formula is C24H25N3O2S. The van der Waals surface area contributed by atoms with E-state index >= 15 is 0 Å². The predicted molar refractivity (Wildman–Crippen MR) is 122 cm³/mol. The Labute approximate surface area is 181 Å². The van der Waals surface area contributed by atoms with Crippen molar-refractivity contribution in [1.29, 1.82) is 0 Å². The van der Waals surface area contributed by atoms with Crippen LogP contribution in [0.15, 0.2) is 71.8 Å². The lowest BCUT2D eigenvalue weighted by molar-refractivity contribution is 0.0697. The number of aromatic carboxylic acids is 1. The summed E-state index contributed by atoms with van der Waals surface area (Å²) < 4.78 is 0. The molecule has 30 heavy (non-hydrogen) atoms. The minimum atomic E-state index is -0.887. The molecule has 0 atom stereocenters. The van der Waals surface area contributed by atoms with E-state index in [-0.39, 0.29) is 0 Å². The van der Waals surface area contributed by atoms with Crippen LogP contribution in [0.25, 0.3) is 11.3 Å². The summed E-state index contributed by atoms with van der Waals surface area (Å²) >= 11 is 1.74. The van der Waals surface area contributed by atoms with Crippen LogP contribution in [0.1, 0.15) is 15.9 Å². The number of piperazine rings is 1. The van der Waals surface area contributed by atoms with Gasteiger partial charge >= 0.3 is 5.97 Å². The van der Waals surface area contributed by atoms with E-state index in [0.717, 1.165) is 49.7 Å². The second kappa shape index (κ2) is 9.32. The number of aromatic nitrogens is 1. The van der Waals surface area contributed by atoms with Crippen LogP contribution in [0.5, 0.6) is 0 Å². The monoisotopic (exact) mass is 419 g/mol. The first kappa shape index (κ1) is 20.4. The summed E-state index contributed by atoms with van der Waals surface area (Å²) in [5.41, 5.74) is 4.86. The SMILES string of the molecule is CSc1ccc(-c2ncccc2CN2CCN(c3ccc(C(=O)O)cc3)CC2)cc1. The molecule has 0 radical (unpaired) electrons. The summed E-state index contributed by atoms with van der Waals surface area (Å²) in [6, 6.07) is 19.9. The highest BCUT2D eigenvalue weighted by Crippen LogP contribution is 2.26. The standard InChI is InChI=1S/C24H25N3O2S/c1-30-22-10-6-18(7-11-22)23-20(3-2-12-25-23)17-26-13-15-27(16-14-26)21-8-4-19(5-9-21)24(28)29/h2-12H,13-17H2,1H3,(H,28,29). The van der Waals surface area contributed by atoms with E-state index in [4.69, 9.17) is 5.11 Å². The van der Waals surface area contributed by atoms with Crippen LogP contribution in [0.3, 0.4) is 0 Å². The van der Waals surface area contributed by atoms with Crippen molar-refractivity contribution in [3.8, 4) is 11.3 Å². The zero-order valence-electron chi connectivity index (χ0n) is 17.0. The van der Waals surface area contributed by atoms with Gasteiger partial charge in [-0.05, 0) is 54.3 Å². The number of carboxylic acids is 1. The fourth-order valence-corrected chi connectivity index (χ4v) is 4.20. The topological polar surface area (TPSA) is 56.7 Å². The molecular weight excluding hydrogens is 394 g/mol. The molecule has 0 unspecified atom stereocenters. The van der Waals surface area contributed by atoms with Gasteiger partial charge in [0, 0.05) is 55.1 Å². The average Bonchev–Trinajstić information content (AvgIpc) is 2.80. The lowest BCUT2D eigenvalue weighted by atomic mass is 10.1. The Morgan fingerprint density at radius 3 is 2.33 bits per heavy atom. The molecule has 1 fully saturated rings. The molecule has 0 bridgehead atoms. The van der Waals surface area contributed by atoms with Crippen LogP contribution < -0.4 is 4.90 Å². The zero-order chi connectivity index (χ0) is 20.9. The molecule has 2 aromatic carbocycles. The summed E-state index contributed by atoms with van der Waals surface area (Å²) in [6.45, 7) is 4.63. The van der Waals surface area contributed by atoms with Crippen molar-refractivity contribution in [2.24, 2.45) is 0 Å². The molecule has 4 rings (SSSR count). The third-order valence-corrected chi connectivity index (χ3v) is 6.24. The van der Waals surface area contributed by atoms with E-state index in [0.29, 0.717) is 5.56 Å². The van der Waals surface area contributed by atoms with Gasteiger partial charge in [0.15, 0.2) is 0 Å². The number of benzene rings is 2. The summed E-state index contributed by atoms with van der Waals surface area (Å²) in [6.07, 6.45) is 3.95. The largest absolute Gasteiger partial charge is 0.478 e. The Morgan fingerprint density at radius 2 is 1.70 bits per heavy atom. The molecule has 0 spiro atoms. The number of hydrogen-bond donors (Lipinski definition) is 1. The Hall–Kier alpha value is -2.83. The Balaban J connectivity index is 1.41. The molecule has 1 aliphatic rings. The average molecular weight is 420 g/mol. The molecule has 2 heterocycles. The van der Waals surface area contributed by atoms with Gasteiger partial charge in [-0.1, -0.05) is 18.2 Å². The zero-order valence-corrected chi connectivity index (χ0v) is 17.8. The summed E-state index contributed by atoms with van der Waals surface area (Å²) in [5.74, 6) is -0.887. The molecule has 154 valence electrons. The molecule has 0 saturated carbocycles. The van der Waals surface area contributed by atoms with Gasteiger partial charge < -0.3 is 10.0 Å².